The van der Waals surface area contributed by atoms with Crippen LogP contribution in [-0.4, -0.2) is 35.5 Å². The first-order chi connectivity index (χ1) is 13.6. The van der Waals surface area contributed by atoms with Gasteiger partial charge in [-0.15, -0.1) is 29.3 Å². The minimum Gasteiger partial charge on any atom is -0.349 e. The van der Waals surface area contributed by atoms with E-state index >= 15 is 0 Å². The van der Waals surface area contributed by atoms with E-state index in [0.717, 1.165) is 50.6 Å². The molecule has 5 nitrogen and oxygen atoms in total. The van der Waals surface area contributed by atoms with Gasteiger partial charge in [-0.2, -0.15) is 0 Å². The Balaban J connectivity index is 1.62. The topological polar surface area (TPSA) is 49.3 Å². The first-order valence-corrected chi connectivity index (χ1v) is 12.2. The Morgan fingerprint density at radius 3 is 2.61 bits per heavy atom. The van der Waals surface area contributed by atoms with Gasteiger partial charge in [0.2, 0.25) is 0 Å². The number of aromatic nitrogens is 2. The van der Waals surface area contributed by atoms with Crippen LogP contribution < -0.4 is 9.80 Å². The predicted octanol–water partition coefficient (Wildman–Crippen LogP) is 5.37. The number of hydrogen-bond donors (Lipinski definition) is 0. The fourth-order valence-corrected chi connectivity index (χ4v) is 6.87. The fraction of sp³-hybridized carbons (Fsp3) is 0.450. The zero-order valence-corrected chi connectivity index (χ0v) is 18.7. The third-order valence-corrected chi connectivity index (χ3v) is 8.33. The Morgan fingerprint density at radius 1 is 1.14 bits per heavy atom. The monoisotopic (exact) mass is 432 g/mol. The molecule has 1 aliphatic rings. The molecule has 0 aliphatic heterocycles. The highest BCUT2D eigenvalue weighted by Gasteiger charge is 2.25. The second-order valence-electron chi connectivity index (χ2n) is 6.73. The number of carbonyl (C=O) groups is 1. The Bertz CT molecular complexity index is 944. The normalized spacial score (nSPS) is 13.5. The van der Waals surface area contributed by atoms with E-state index < -0.39 is 0 Å². The number of thiophene rings is 1. The van der Waals surface area contributed by atoms with Crippen LogP contribution in [-0.2, 0) is 12.8 Å². The summed E-state index contributed by atoms with van der Waals surface area (Å²) in [6.45, 7) is 10.4. The van der Waals surface area contributed by atoms with Crippen LogP contribution in [0.15, 0.2) is 18.7 Å². The van der Waals surface area contributed by atoms with Crippen molar-refractivity contribution in [2.75, 3.05) is 29.4 Å². The molecular weight excluding hydrogens is 408 g/mol. The Morgan fingerprint density at radius 2 is 1.93 bits per heavy atom. The van der Waals surface area contributed by atoms with E-state index in [1.54, 1.807) is 33.6 Å². The molecule has 0 bridgehead atoms. The number of rotatable bonds is 7. The van der Waals surface area contributed by atoms with Gasteiger partial charge in [0.05, 0.1) is 15.3 Å². The van der Waals surface area contributed by atoms with Crippen molar-refractivity contribution in [1.29, 1.82) is 0 Å². The first-order valence-electron chi connectivity index (χ1n) is 9.71. The average Bonchev–Trinajstić information content (AvgIpc) is 3.39. The van der Waals surface area contributed by atoms with Crippen LogP contribution in [0.25, 0.3) is 9.53 Å². The van der Waals surface area contributed by atoms with Crippen molar-refractivity contribution in [3.05, 3.63) is 34.2 Å². The molecule has 0 saturated heterocycles. The van der Waals surface area contributed by atoms with Gasteiger partial charge in [-0.3, -0.25) is 9.69 Å². The van der Waals surface area contributed by atoms with Crippen molar-refractivity contribution in [3.8, 4) is 0 Å². The molecule has 0 fully saturated rings. The summed E-state index contributed by atoms with van der Waals surface area (Å²) in [5, 5.41) is 1.83. The molecule has 3 aromatic heterocycles. The molecule has 3 aromatic rings. The molecule has 0 spiro atoms. The van der Waals surface area contributed by atoms with Crippen LogP contribution in [0, 0.1) is 0 Å². The summed E-state index contributed by atoms with van der Waals surface area (Å²) >= 11 is 4.79. The van der Waals surface area contributed by atoms with Crippen LogP contribution in [0.3, 0.4) is 0 Å². The smallest absolute Gasteiger partial charge is 0.270 e. The van der Waals surface area contributed by atoms with E-state index in [9.17, 15) is 4.79 Å². The number of aryl methyl sites for hydroxylation is 2. The highest BCUT2D eigenvalue weighted by atomic mass is 32.1. The molecule has 0 atom stereocenters. The lowest BCUT2D eigenvalue weighted by molar-refractivity contribution is 0.0993. The summed E-state index contributed by atoms with van der Waals surface area (Å²) in [6, 6.07) is 1.98. The number of anilines is 2. The van der Waals surface area contributed by atoms with Crippen molar-refractivity contribution >= 4 is 59.7 Å². The zero-order valence-electron chi connectivity index (χ0n) is 16.2. The average molecular weight is 433 g/mol. The van der Waals surface area contributed by atoms with Gasteiger partial charge in [0, 0.05) is 24.5 Å². The molecule has 148 valence electrons. The van der Waals surface area contributed by atoms with Crippen molar-refractivity contribution in [1.82, 2.24) is 9.97 Å². The maximum absolute atomic E-state index is 13.3. The lowest BCUT2D eigenvalue weighted by atomic mass is 10.0. The highest BCUT2D eigenvalue weighted by molar-refractivity contribution is 7.29. The largest absolute Gasteiger partial charge is 0.349 e. The van der Waals surface area contributed by atoms with E-state index in [4.69, 9.17) is 9.97 Å². The standard InChI is InChI=1S/C20H24N4OS3/c1-4-11-24(20-21-13-9-7-8-10-14(13)27-20)18(25)16-12-15-17(26-16)22-19(28-15)23(5-2)6-3/h4,12H,1,5-11H2,2-3H3. The highest BCUT2D eigenvalue weighted by Crippen LogP contribution is 2.37. The molecule has 0 N–H and O–H groups in total. The third kappa shape index (κ3) is 3.60. The summed E-state index contributed by atoms with van der Waals surface area (Å²) in [5.74, 6) is -0.00872. The third-order valence-electron chi connectivity index (χ3n) is 4.94. The summed E-state index contributed by atoms with van der Waals surface area (Å²) < 4.78 is 1.08. The molecule has 3 heterocycles. The lowest BCUT2D eigenvalue weighted by Gasteiger charge is -2.17. The fourth-order valence-electron chi connectivity index (χ4n) is 3.42. The second kappa shape index (κ2) is 8.31. The molecule has 0 unspecified atom stereocenters. The Kier molecular flexibility index (Phi) is 5.80. The summed E-state index contributed by atoms with van der Waals surface area (Å²) in [6.07, 6.45) is 6.27. The van der Waals surface area contributed by atoms with Gasteiger partial charge in [-0.05, 0) is 45.6 Å². The van der Waals surface area contributed by atoms with Gasteiger partial charge in [-0.25, -0.2) is 9.97 Å². The van der Waals surface area contributed by atoms with Crippen LogP contribution in [0.4, 0.5) is 10.3 Å². The Labute approximate surface area is 177 Å². The maximum atomic E-state index is 13.3. The lowest BCUT2D eigenvalue weighted by Crippen LogP contribution is -2.30. The molecule has 1 amide bonds. The molecule has 0 aromatic carbocycles. The minimum absolute atomic E-state index is 0.00872. The van der Waals surface area contributed by atoms with Gasteiger partial charge in [0.25, 0.3) is 5.91 Å². The van der Waals surface area contributed by atoms with E-state index in [1.165, 1.54) is 34.7 Å². The Hall–Kier alpha value is -1.77. The maximum Gasteiger partial charge on any atom is 0.270 e. The summed E-state index contributed by atoms with van der Waals surface area (Å²) in [5.41, 5.74) is 1.17. The van der Waals surface area contributed by atoms with Gasteiger partial charge in [-0.1, -0.05) is 17.4 Å². The van der Waals surface area contributed by atoms with Crippen molar-refractivity contribution in [2.45, 2.75) is 39.5 Å². The van der Waals surface area contributed by atoms with Gasteiger partial charge in [0.15, 0.2) is 10.3 Å². The van der Waals surface area contributed by atoms with Crippen LogP contribution >= 0.6 is 34.0 Å². The van der Waals surface area contributed by atoms with Crippen molar-refractivity contribution in [2.24, 2.45) is 0 Å². The quantitative estimate of drug-likeness (QED) is 0.471. The first kappa shape index (κ1) is 19.5. The number of fused-ring (bicyclic) bond motifs is 2. The molecule has 4 rings (SSSR count). The second-order valence-corrected chi connectivity index (χ2v) is 9.83. The number of amides is 1. The van der Waals surface area contributed by atoms with E-state index in [0.29, 0.717) is 6.54 Å². The van der Waals surface area contributed by atoms with Crippen LogP contribution in [0.2, 0.25) is 0 Å². The predicted molar refractivity (Wildman–Crippen MR) is 122 cm³/mol. The minimum atomic E-state index is -0.00872. The molecular formula is C20H24N4OS3. The molecule has 28 heavy (non-hydrogen) atoms. The molecule has 0 saturated carbocycles. The van der Waals surface area contributed by atoms with Crippen LogP contribution in [0.1, 0.15) is 46.9 Å². The summed E-state index contributed by atoms with van der Waals surface area (Å²) in [4.78, 5) is 29.8. The molecule has 8 heteroatoms. The number of nitrogens with zero attached hydrogens (tertiary/aromatic N) is 4. The number of thiazole rings is 2. The van der Waals surface area contributed by atoms with Crippen molar-refractivity contribution in [3.63, 3.8) is 0 Å². The van der Waals surface area contributed by atoms with E-state index in [2.05, 4.69) is 25.3 Å². The van der Waals surface area contributed by atoms with Crippen LogP contribution in [0.5, 0.6) is 0 Å². The number of hydrogen-bond acceptors (Lipinski definition) is 7. The van der Waals surface area contributed by atoms with Crippen molar-refractivity contribution < 1.29 is 4.79 Å². The van der Waals surface area contributed by atoms with E-state index in [1.807, 2.05) is 6.07 Å². The molecule has 1 aliphatic carbocycles. The SMILES string of the molecule is C=CCN(C(=O)c1cc2sc(N(CC)CC)nc2s1)c1nc2c(s1)CCCC2. The zero-order chi connectivity index (χ0) is 19.7. The van der Waals surface area contributed by atoms with Gasteiger partial charge >= 0.3 is 0 Å². The molecule has 0 radical (unpaired) electrons. The number of carbonyl (C=O) groups excluding carboxylic acids is 1. The van der Waals surface area contributed by atoms with Gasteiger partial charge in [0.1, 0.15) is 4.83 Å². The summed E-state index contributed by atoms with van der Waals surface area (Å²) in [7, 11) is 0. The van der Waals surface area contributed by atoms with Gasteiger partial charge < -0.3 is 4.90 Å². The van der Waals surface area contributed by atoms with E-state index in [-0.39, 0.29) is 5.91 Å².